The fraction of sp³-hybridized carbons (Fsp3) is 0.250. The van der Waals surface area contributed by atoms with E-state index < -0.39 is 10.0 Å². The SMILES string of the molecule is CCN(CC)S(=O)(=O)c1cccc(N=Nc2c(C)nn(-c3ccccc3)c2N)c1. The van der Waals surface area contributed by atoms with Gasteiger partial charge in [-0.25, -0.2) is 13.1 Å². The second kappa shape index (κ2) is 8.54. The number of anilines is 1. The summed E-state index contributed by atoms with van der Waals surface area (Å²) in [5.74, 6) is 0.365. The molecule has 29 heavy (non-hydrogen) atoms. The van der Waals surface area contributed by atoms with Gasteiger partial charge < -0.3 is 5.73 Å². The lowest BCUT2D eigenvalue weighted by Gasteiger charge is -2.18. The van der Waals surface area contributed by atoms with Crippen molar-refractivity contribution in [2.45, 2.75) is 25.7 Å². The van der Waals surface area contributed by atoms with E-state index in [4.69, 9.17) is 5.73 Å². The summed E-state index contributed by atoms with van der Waals surface area (Å²) >= 11 is 0. The minimum Gasteiger partial charge on any atom is -0.382 e. The number of para-hydroxylation sites is 1. The molecule has 0 aliphatic rings. The predicted octanol–water partition coefficient (Wildman–Crippen LogP) is 4.21. The molecule has 3 aromatic rings. The van der Waals surface area contributed by atoms with Gasteiger partial charge in [0, 0.05) is 13.1 Å². The van der Waals surface area contributed by atoms with E-state index >= 15 is 0 Å². The fourth-order valence-corrected chi connectivity index (χ4v) is 4.45. The lowest BCUT2D eigenvalue weighted by molar-refractivity contribution is 0.445. The molecule has 0 unspecified atom stereocenters. The Labute approximate surface area is 170 Å². The van der Waals surface area contributed by atoms with Crippen molar-refractivity contribution in [1.29, 1.82) is 0 Å². The first-order valence-electron chi connectivity index (χ1n) is 9.31. The second-order valence-electron chi connectivity index (χ2n) is 6.35. The molecule has 2 N–H and O–H groups in total. The number of hydrogen-bond donors (Lipinski definition) is 1. The van der Waals surface area contributed by atoms with Crippen molar-refractivity contribution >= 4 is 27.2 Å². The molecule has 0 spiro atoms. The number of nitrogens with zero attached hydrogens (tertiary/aromatic N) is 5. The van der Waals surface area contributed by atoms with E-state index in [1.165, 1.54) is 10.4 Å². The predicted molar refractivity (Wildman–Crippen MR) is 113 cm³/mol. The maximum absolute atomic E-state index is 12.7. The van der Waals surface area contributed by atoms with Gasteiger partial charge in [-0.2, -0.15) is 14.5 Å². The zero-order valence-corrected chi connectivity index (χ0v) is 17.5. The van der Waals surface area contributed by atoms with Gasteiger partial charge in [-0.3, -0.25) is 0 Å². The van der Waals surface area contributed by atoms with E-state index in [0.717, 1.165) is 5.69 Å². The quantitative estimate of drug-likeness (QED) is 0.587. The summed E-state index contributed by atoms with van der Waals surface area (Å²) in [6.07, 6.45) is 0. The van der Waals surface area contributed by atoms with Gasteiger partial charge in [0.05, 0.1) is 22.0 Å². The third kappa shape index (κ3) is 4.20. The maximum Gasteiger partial charge on any atom is 0.243 e. The highest BCUT2D eigenvalue weighted by Crippen LogP contribution is 2.31. The zero-order chi connectivity index (χ0) is 21.0. The van der Waals surface area contributed by atoms with Crippen LogP contribution in [0.1, 0.15) is 19.5 Å². The Hall–Kier alpha value is -3.04. The average Bonchev–Trinajstić information content (AvgIpc) is 3.01. The standard InChI is InChI=1S/C20H24N6O2S/c1-4-25(5-2)29(27,28)18-13-9-10-16(14-18)22-23-19-15(3)24-26(20(19)21)17-11-7-6-8-12-17/h6-14H,4-5,21H2,1-3H3. The summed E-state index contributed by atoms with van der Waals surface area (Å²) in [6.45, 7) is 6.21. The minimum atomic E-state index is -3.56. The van der Waals surface area contributed by atoms with Crippen molar-refractivity contribution in [3.63, 3.8) is 0 Å². The first-order valence-corrected chi connectivity index (χ1v) is 10.7. The number of sulfonamides is 1. The summed E-state index contributed by atoms with van der Waals surface area (Å²) in [5.41, 5.74) is 8.54. The molecule has 0 radical (unpaired) electrons. The van der Waals surface area contributed by atoms with Crippen LogP contribution in [0.25, 0.3) is 5.69 Å². The number of aryl methyl sites for hydroxylation is 1. The summed E-state index contributed by atoms with van der Waals surface area (Å²) in [4.78, 5) is 0.183. The Bertz CT molecular complexity index is 1120. The molecule has 0 amide bonds. The smallest absolute Gasteiger partial charge is 0.243 e. The van der Waals surface area contributed by atoms with Crippen LogP contribution >= 0.6 is 0 Å². The van der Waals surface area contributed by atoms with E-state index in [0.29, 0.717) is 36.0 Å². The summed E-state index contributed by atoms with van der Waals surface area (Å²) in [5, 5.41) is 12.9. The third-order valence-electron chi connectivity index (χ3n) is 4.49. The van der Waals surface area contributed by atoms with Crippen LogP contribution in [0.15, 0.2) is 69.7 Å². The van der Waals surface area contributed by atoms with Crippen molar-refractivity contribution < 1.29 is 8.42 Å². The monoisotopic (exact) mass is 412 g/mol. The van der Waals surface area contributed by atoms with Gasteiger partial charge in [-0.15, -0.1) is 5.11 Å². The van der Waals surface area contributed by atoms with Crippen LogP contribution in [0.4, 0.5) is 17.2 Å². The first kappa shape index (κ1) is 20.7. The van der Waals surface area contributed by atoms with Gasteiger partial charge in [0.15, 0.2) is 11.5 Å². The number of azo groups is 1. The molecule has 8 nitrogen and oxygen atoms in total. The van der Waals surface area contributed by atoms with Gasteiger partial charge in [-0.05, 0) is 37.3 Å². The minimum absolute atomic E-state index is 0.183. The van der Waals surface area contributed by atoms with Crippen LogP contribution in [0.3, 0.4) is 0 Å². The molecule has 0 aliphatic heterocycles. The van der Waals surface area contributed by atoms with E-state index in [-0.39, 0.29) is 4.90 Å². The molecule has 1 heterocycles. The molecule has 0 atom stereocenters. The molecule has 152 valence electrons. The second-order valence-corrected chi connectivity index (χ2v) is 8.29. The highest BCUT2D eigenvalue weighted by molar-refractivity contribution is 7.89. The molecular formula is C20H24N6O2S. The number of aromatic nitrogens is 2. The molecule has 0 saturated heterocycles. The summed E-state index contributed by atoms with van der Waals surface area (Å²) in [6, 6.07) is 15.9. The van der Waals surface area contributed by atoms with Crippen molar-refractivity contribution in [3.05, 3.63) is 60.3 Å². The topological polar surface area (TPSA) is 106 Å². The normalized spacial score (nSPS) is 12.1. The van der Waals surface area contributed by atoms with E-state index in [2.05, 4.69) is 15.3 Å². The Morgan fingerprint density at radius 2 is 1.72 bits per heavy atom. The van der Waals surface area contributed by atoms with Crippen LogP contribution in [-0.4, -0.2) is 35.6 Å². The zero-order valence-electron chi connectivity index (χ0n) is 16.6. The van der Waals surface area contributed by atoms with Gasteiger partial charge in [0.25, 0.3) is 0 Å². The Balaban J connectivity index is 1.93. The molecule has 0 saturated carbocycles. The lowest BCUT2D eigenvalue weighted by atomic mass is 10.3. The van der Waals surface area contributed by atoms with Gasteiger partial charge in [0.1, 0.15) is 0 Å². The summed E-state index contributed by atoms with van der Waals surface area (Å²) in [7, 11) is -3.56. The summed E-state index contributed by atoms with van der Waals surface area (Å²) < 4.78 is 28.4. The maximum atomic E-state index is 12.7. The lowest BCUT2D eigenvalue weighted by Crippen LogP contribution is -2.30. The molecule has 3 rings (SSSR count). The van der Waals surface area contributed by atoms with E-state index in [1.54, 1.807) is 43.7 Å². The molecule has 2 aromatic carbocycles. The van der Waals surface area contributed by atoms with Crippen LogP contribution < -0.4 is 5.73 Å². The molecule has 9 heteroatoms. The Morgan fingerprint density at radius 3 is 2.38 bits per heavy atom. The van der Waals surface area contributed by atoms with Crippen molar-refractivity contribution in [3.8, 4) is 5.69 Å². The van der Waals surface area contributed by atoms with Crippen LogP contribution in [-0.2, 0) is 10.0 Å². The number of hydrogen-bond acceptors (Lipinski definition) is 6. The molecular weight excluding hydrogens is 388 g/mol. The van der Waals surface area contributed by atoms with E-state index in [9.17, 15) is 8.42 Å². The Morgan fingerprint density at radius 1 is 1.03 bits per heavy atom. The van der Waals surface area contributed by atoms with Crippen LogP contribution in [0.2, 0.25) is 0 Å². The molecule has 0 aliphatic carbocycles. The largest absolute Gasteiger partial charge is 0.382 e. The van der Waals surface area contributed by atoms with Gasteiger partial charge in [0.2, 0.25) is 10.0 Å². The number of benzene rings is 2. The van der Waals surface area contributed by atoms with Crippen LogP contribution in [0, 0.1) is 6.92 Å². The molecule has 1 aromatic heterocycles. The molecule has 0 fully saturated rings. The van der Waals surface area contributed by atoms with E-state index in [1.807, 2.05) is 30.3 Å². The number of rotatable bonds is 7. The third-order valence-corrected chi connectivity index (χ3v) is 6.54. The Kier molecular flexibility index (Phi) is 6.09. The average molecular weight is 413 g/mol. The van der Waals surface area contributed by atoms with Crippen LogP contribution in [0.5, 0.6) is 0 Å². The highest BCUT2D eigenvalue weighted by Gasteiger charge is 2.21. The number of nitrogens with two attached hydrogens (primary N) is 1. The van der Waals surface area contributed by atoms with Crippen molar-refractivity contribution in [2.24, 2.45) is 10.2 Å². The van der Waals surface area contributed by atoms with Gasteiger partial charge >= 0.3 is 0 Å². The molecule has 0 bridgehead atoms. The first-order chi connectivity index (χ1) is 13.9. The fourth-order valence-electron chi connectivity index (χ4n) is 2.95. The van der Waals surface area contributed by atoms with Crippen molar-refractivity contribution in [2.75, 3.05) is 18.8 Å². The van der Waals surface area contributed by atoms with Crippen molar-refractivity contribution in [1.82, 2.24) is 14.1 Å². The van der Waals surface area contributed by atoms with Gasteiger partial charge in [-0.1, -0.05) is 38.1 Å². The number of nitrogen functional groups attached to an aromatic ring is 1. The highest BCUT2D eigenvalue weighted by atomic mass is 32.2.